The Bertz CT molecular complexity index is 393. The SMILES string of the molecule is C=C(CC(C)CCNCC(C)(C)C(=C)CC(C)CC)C1CC1C. The Labute approximate surface area is 146 Å². The molecular formula is C22H41N. The molecule has 0 amide bonds. The average molecular weight is 320 g/mol. The van der Waals surface area contributed by atoms with E-state index in [0.29, 0.717) is 0 Å². The van der Waals surface area contributed by atoms with Crippen molar-refractivity contribution in [2.45, 2.75) is 73.6 Å². The van der Waals surface area contributed by atoms with Gasteiger partial charge in [-0.1, -0.05) is 72.3 Å². The molecule has 0 aliphatic heterocycles. The third-order valence-electron chi connectivity index (χ3n) is 5.87. The molecule has 0 saturated heterocycles. The van der Waals surface area contributed by atoms with Crippen LogP contribution in [0.15, 0.2) is 24.3 Å². The number of nitrogens with one attached hydrogen (secondary N) is 1. The van der Waals surface area contributed by atoms with E-state index in [1.54, 1.807) is 0 Å². The van der Waals surface area contributed by atoms with Crippen molar-refractivity contribution in [3.8, 4) is 0 Å². The second-order valence-corrected chi connectivity index (χ2v) is 8.96. The molecule has 1 saturated carbocycles. The fourth-order valence-electron chi connectivity index (χ4n) is 3.31. The normalized spacial score (nSPS) is 23.4. The number of rotatable bonds is 12. The van der Waals surface area contributed by atoms with E-state index < -0.39 is 0 Å². The molecule has 4 atom stereocenters. The lowest BCUT2D eigenvalue weighted by molar-refractivity contribution is 0.366. The van der Waals surface area contributed by atoms with Gasteiger partial charge >= 0.3 is 0 Å². The Morgan fingerprint density at radius 2 is 1.78 bits per heavy atom. The smallest absolute Gasteiger partial charge is 0.00398 e. The molecule has 0 aromatic heterocycles. The van der Waals surface area contributed by atoms with Crippen LogP contribution in [0.1, 0.15) is 73.6 Å². The van der Waals surface area contributed by atoms with E-state index in [1.807, 2.05) is 0 Å². The maximum Gasteiger partial charge on any atom is 0.00398 e. The maximum atomic E-state index is 4.35. The largest absolute Gasteiger partial charge is 0.316 e. The Hall–Kier alpha value is -0.560. The fourth-order valence-corrected chi connectivity index (χ4v) is 3.31. The first kappa shape index (κ1) is 20.5. The molecular weight excluding hydrogens is 278 g/mol. The van der Waals surface area contributed by atoms with Crippen LogP contribution in [0.4, 0.5) is 0 Å². The van der Waals surface area contributed by atoms with Crippen molar-refractivity contribution in [3.63, 3.8) is 0 Å². The lowest BCUT2D eigenvalue weighted by Crippen LogP contribution is -2.32. The second-order valence-electron chi connectivity index (χ2n) is 8.96. The summed E-state index contributed by atoms with van der Waals surface area (Å²) in [4.78, 5) is 0. The third-order valence-corrected chi connectivity index (χ3v) is 5.87. The highest BCUT2D eigenvalue weighted by atomic mass is 14.9. The van der Waals surface area contributed by atoms with Gasteiger partial charge in [-0.05, 0) is 61.3 Å². The van der Waals surface area contributed by atoms with E-state index in [-0.39, 0.29) is 5.41 Å². The van der Waals surface area contributed by atoms with Crippen molar-refractivity contribution < 1.29 is 0 Å². The van der Waals surface area contributed by atoms with E-state index >= 15 is 0 Å². The van der Waals surface area contributed by atoms with E-state index in [0.717, 1.165) is 43.2 Å². The second kappa shape index (κ2) is 9.06. The minimum atomic E-state index is 0.194. The minimum Gasteiger partial charge on any atom is -0.316 e. The van der Waals surface area contributed by atoms with Crippen LogP contribution in [0, 0.1) is 29.1 Å². The molecule has 1 N–H and O–H groups in total. The Balaban J connectivity index is 2.19. The fraction of sp³-hybridized carbons (Fsp3) is 0.818. The highest BCUT2D eigenvalue weighted by molar-refractivity contribution is 5.11. The van der Waals surface area contributed by atoms with E-state index in [4.69, 9.17) is 0 Å². The standard InChI is InChI=1S/C22H41N/c1-9-16(2)13-20(6)22(7,8)15-23-11-10-17(3)12-18(4)21-14-19(21)5/h16-17,19,21,23H,4,6,9-15H2,1-3,5,7-8H3. The van der Waals surface area contributed by atoms with Crippen molar-refractivity contribution in [3.05, 3.63) is 24.3 Å². The van der Waals surface area contributed by atoms with Gasteiger partial charge in [0.25, 0.3) is 0 Å². The van der Waals surface area contributed by atoms with Crippen molar-refractivity contribution in [2.24, 2.45) is 29.1 Å². The van der Waals surface area contributed by atoms with Crippen molar-refractivity contribution in [1.29, 1.82) is 0 Å². The highest BCUT2D eigenvalue weighted by Gasteiger charge is 2.34. The summed E-state index contributed by atoms with van der Waals surface area (Å²) < 4.78 is 0. The average Bonchev–Trinajstić information content (AvgIpc) is 3.20. The van der Waals surface area contributed by atoms with Crippen molar-refractivity contribution >= 4 is 0 Å². The predicted octanol–water partition coefficient (Wildman–Crippen LogP) is 6.22. The van der Waals surface area contributed by atoms with Gasteiger partial charge in [0.15, 0.2) is 0 Å². The van der Waals surface area contributed by atoms with Crippen LogP contribution in [-0.2, 0) is 0 Å². The molecule has 1 aliphatic rings. The van der Waals surface area contributed by atoms with Gasteiger partial charge in [-0.25, -0.2) is 0 Å². The summed E-state index contributed by atoms with van der Waals surface area (Å²) in [6.45, 7) is 24.7. The lowest BCUT2D eigenvalue weighted by atomic mass is 9.80. The molecule has 1 fully saturated rings. The topological polar surface area (TPSA) is 12.0 Å². The first-order valence-electron chi connectivity index (χ1n) is 9.74. The summed E-state index contributed by atoms with van der Waals surface area (Å²) >= 11 is 0. The molecule has 0 bridgehead atoms. The number of hydrogen-bond acceptors (Lipinski definition) is 1. The van der Waals surface area contributed by atoms with Gasteiger partial charge in [-0.15, -0.1) is 0 Å². The van der Waals surface area contributed by atoms with Crippen LogP contribution in [0.2, 0.25) is 0 Å². The summed E-state index contributed by atoms with van der Waals surface area (Å²) in [6, 6.07) is 0. The summed E-state index contributed by atoms with van der Waals surface area (Å²) in [5, 5.41) is 3.67. The lowest BCUT2D eigenvalue weighted by Gasteiger charge is -2.29. The molecule has 0 aromatic carbocycles. The zero-order chi connectivity index (χ0) is 17.6. The Morgan fingerprint density at radius 3 is 2.30 bits per heavy atom. The van der Waals surface area contributed by atoms with Crippen molar-refractivity contribution in [2.75, 3.05) is 13.1 Å². The molecule has 1 heteroatoms. The quantitative estimate of drug-likeness (QED) is 0.332. The summed E-state index contributed by atoms with van der Waals surface area (Å²) in [5.74, 6) is 3.21. The van der Waals surface area contributed by atoms with Crippen LogP contribution in [-0.4, -0.2) is 13.1 Å². The van der Waals surface area contributed by atoms with Gasteiger partial charge in [0, 0.05) is 6.54 Å². The molecule has 0 radical (unpaired) electrons. The van der Waals surface area contributed by atoms with Gasteiger partial charge in [0.2, 0.25) is 0 Å². The summed E-state index contributed by atoms with van der Waals surface area (Å²) in [7, 11) is 0. The van der Waals surface area contributed by atoms with Crippen LogP contribution in [0.5, 0.6) is 0 Å². The molecule has 1 nitrogen and oxygen atoms in total. The minimum absolute atomic E-state index is 0.194. The van der Waals surface area contributed by atoms with Crippen molar-refractivity contribution in [1.82, 2.24) is 5.32 Å². The van der Waals surface area contributed by atoms with E-state index in [2.05, 4.69) is 60.0 Å². The van der Waals surface area contributed by atoms with Gasteiger partial charge in [0.05, 0.1) is 0 Å². The van der Waals surface area contributed by atoms with Crippen LogP contribution >= 0.6 is 0 Å². The first-order chi connectivity index (χ1) is 10.7. The van der Waals surface area contributed by atoms with Crippen LogP contribution in [0.25, 0.3) is 0 Å². The monoisotopic (exact) mass is 319 g/mol. The number of hydrogen-bond donors (Lipinski definition) is 1. The van der Waals surface area contributed by atoms with Gasteiger partial charge in [0.1, 0.15) is 0 Å². The zero-order valence-electron chi connectivity index (χ0n) is 16.7. The molecule has 134 valence electrons. The Morgan fingerprint density at radius 1 is 1.17 bits per heavy atom. The molecule has 4 unspecified atom stereocenters. The highest BCUT2D eigenvalue weighted by Crippen LogP contribution is 2.45. The third kappa shape index (κ3) is 7.25. The molecule has 23 heavy (non-hydrogen) atoms. The zero-order valence-corrected chi connectivity index (χ0v) is 16.7. The van der Waals surface area contributed by atoms with Gasteiger partial charge < -0.3 is 5.32 Å². The predicted molar refractivity (Wildman–Crippen MR) is 105 cm³/mol. The molecule has 1 rings (SSSR count). The van der Waals surface area contributed by atoms with Crippen LogP contribution < -0.4 is 5.32 Å². The molecule has 1 aliphatic carbocycles. The first-order valence-corrected chi connectivity index (χ1v) is 9.74. The summed E-state index contributed by atoms with van der Waals surface area (Å²) in [5.41, 5.74) is 3.08. The van der Waals surface area contributed by atoms with Gasteiger partial charge in [-0.3, -0.25) is 0 Å². The number of allylic oxidation sites excluding steroid dienone is 1. The molecule has 0 aromatic rings. The summed E-state index contributed by atoms with van der Waals surface area (Å²) in [6.07, 6.45) is 6.22. The molecule has 0 heterocycles. The molecule has 0 spiro atoms. The van der Waals surface area contributed by atoms with Crippen LogP contribution in [0.3, 0.4) is 0 Å². The maximum absolute atomic E-state index is 4.35. The van der Waals surface area contributed by atoms with E-state index in [1.165, 1.54) is 36.8 Å². The van der Waals surface area contributed by atoms with E-state index in [9.17, 15) is 0 Å². The van der Waals surface area contributed by atoms with Gasteiger partial charge in [-0.2, -0.15) is 0 Å². The Kier molecular flexibility index (Phi) is 8.07.